The molecule has 0 bridgehead atoms. The third-order valence-electron chi connectivity index (χ3n) is 5.58. The van der Waals surface area contributed by atoms with Crippen molar-refractivity contribution in [1.82, 2.24) is 5.32 Å². The van der Waals surface area contributed by atoms with Gasteiger partial charge in [-0.2, -0.15) is 0 Å². The van der Waals surface area contributed by atoms with Gasteiger partial charge < -0.3 is 10.1 Å². The van der Waals surface area contributed by atoms with Gasteiger partial charge in [-0.25, -0.2) is 0 Å². The topological polar surface area (TPSA) is 55.4 Å². The number of amides is 1. The summed E-state index contributed by atoms with van der Waals surface area (Å²) in [7, 11) is 0. The fourth-order valence-electron chi connectivity index (χ4n) is 3.64. The first kappa shape index (κ1) is 19.2. The minimum atomic E-state index is -0.0922. The van der Waals surface area contributed by atoms with Crippen LogP contribution in [-0.4, -0.2) is 24.3 Å². The Morgan fingerprint density at radius 2 is 1.63 bits per heavy atom. The summed E-state index contributed by atoms with van der Waals surface area (Å²) in [4.78, 5) is 24.6. The van der Waals surface area contributed by atoms with Gasteiger partial charge in [-0.05, 0) is 42.5 Å². The first-order valence-electron chi connectivity index (χ1n) is 9.66. The number of carbonyl (C=O) groups excluding carboxylic acids is 2. The summed E-state index contributed by atoms with van der Waals surface area (Å²) >= 11 is 0. The molecule has 1 saturated carbocycles. The zero-order valence-corrected chi connectivity index (χ0v) is 16.0. The van der Waals surface area contributed by atoms with Crippen LogP contribution in [0.2, 0.25) is 0 Å². The lowest BCUT2D eigenvalue weighted by atomic mass is 9.78. The van der Waals surface area contributed by atoms with Crippen LogP contribution >= 0.6 is 0 Å². The van der Waals surface area contributed by atoms with E-state index in [-0.39, 0.29) is 24.3 Å². The molecule has 2 aromatic carbocycles. The lowest BCUT2D eigenvalue weighted by molar-refractivity contribution is -0.124. The van der Waals surface area contributed by atoms with Gasteiger partial charge in [-0.1, -0.05) is 57.0 Å². The van der Waals surface area contributed by atoms with Crippen LogP contribution < -0.4 is 10.1 Å². The number of hydrogen-bond donors (Lipinski definition) is 1. The van der Waals surface area contributed by atoms with Crippen molar-refractivity contribution in [3.8, 4) is 5.75 Å². The number of benzene rings is 2. The first-order chi connectivity index (χ1) is 13.0. The molecule has 142 valence electrons. The maximum Gasteiger partial charge on any atom is 0.258 e. The molecule has 0 heterocycles. The fourth-order valence-corrected chi connectivity index (χ4v) is 3.64. The van der Waals surface area contributed by atoms with Crippen LogP contribution in [0.3, 0.4) is 0 Å². The number of ether oxygens (including phenoxy) is 1. The number of carbonyl (C=O) groups is 2. The molecule has 0 spiro atoms. The van der Waals surface area contributed by atoms with E-state index in [9.17, 15) is 9.59 Å². The van der Waals surface area contributed by atoms with Gasteiger partial charge in [0.25, 0.3) is 5.91 Å². The van der Waals surface area contributed by atoms with Gasteiger partial charge in [0, 0.05) is 17.2 Å². The van der Waals surface area contributed by atoms with Crippen LogP contribution in [0.1, 0.15) is 49.0 Å². The van der Waals surface area contributed by atoms with E-state index in [4.69, 9.17) is 4.74 Å². The monoisotopic (exact) mass is 365 g/mol. The van der Waals surface area contributed by atoms with Crippen molar-refractivity contribution in [2.24, 2.45) is 11.8 Å². The van der Waals surface area contributed by atoms with Crippen LogP contribution in [0, 0.1) is 11.8 Å². The third kappa shape index (κ3) is 4.97. The smallest absolute Gasteiger partial charge is 0.258 e. The molecule has 4 heteroatoms. The number of hydrogen-bond acceptors (Lipinski definition) is 3. The lowest BCUT2D eigenvalue weighted by Gasteiger charge is -2.34. The number of rotatable bonds is 6. The average molecular weight is 365 g/mol. The van der Waals surface area contributed by atoms with Crippen LogP contribution in [0.4, 0.5) is 0 Å². The Bertz CT molecular complexity index is 770. The van der Waals surface area contributed by atoms with E-state index in [0.717, 1.165) is 12.8 Å². The summed E-state index contributed by atoms with van der Waals surface area (Å²) in [6.45, 7) is 4.44. The molecule has 0 radical (unpaired) electrons. The zero-order valence-electron chi connectivity index (χ0n) is 16.0. The van der Waals surface area contributed by atoms with E-state index in [1.165, 1.54) is 6.42 Å². The summed E-state index contributed by atoms with van der Waals surface area (Å²) in [6.07, 6.45) is 3.43. The van der Waals surface area contributed by atoms with Crippen molar-refractivity contribution >= 4 is 11.7 Å². The van der Waals surface area contributed by atoms with Crippen molar-refractivity contribution in [3.05, 3.63) is 65.7 Å². The molecular weight excluding hydrogens is 338 g/mol. The van der Waals surface area contributed by atoms with E-state index in [1.807, 2.05) is 18.2 Å². The number of nitrogens with one attached hydrogen (secondary N) is 1. The van der Waals surface area contributed by atoms with Crippen molar-refractivity contribution in [2.75, 3.05) is 6.61 Å². The van der Waals surface area contributed by atoms with E-state index < -0.39 is 0 Å². The van der Waals surface area contributed by atoms with Gasteiger partial charge in [0.15, 0.2) is 12.4 Å². The van der Waals surface area contributed by atoms with E-state index in [0.29, 0.717) is 28.7 Å². The molecule has 1 aliphatic carbocycles. The zero-order chi connectivity index (χ0) is 19.2. The standard InChI is InChI=1S/C23H27NO3/c1-16-7-6-10-21(17(16)2)24-22(25)15-27-20-13-11-19(12-14-20)23(26)18-8-4-3-5-9-18/h3-5,8-9,11-14,16-17,21H,6-7,10,15H2,1-2H3,(H,24,25)/t16-,17+,21+/m0/s1. The summed E-state index contributed by atoms with van der Waals surface area (Å²) in [5.74, 6) is 1.59. The normalized spacial score (nSPS) is 22.1. The maximum absolute atomic E-state index is 12.4. The molecule has 1 fully saturated rings. The van der Waals surface area contributed by atoms with Gasteiger partial charge in [0.05, 0.1) is 0 Å². The minimum absolute atomic E-state index is 0.0103. The Kier molecular flexibility index (Phi) is 6.28. The highest BCUT2D eigenvalue weighted by Gasteiger charge is 2.28. The van der Waals surface area contributed by atoms with Crippen LogP contribution in [0.15, 0.2) is 54.6 Å². The van der Waals surface area contributed by atoms with E-state index in [2.05, 4.69) is 19.2 Å². The Morgan fingerprint density at radius 3 is 2.33 bits per heavy atom. The molecule has 3 rings (SSSR count). The Balaban J connectivity index is 1.51. The molecule has 1 N–H and O–H groups in total. The van der Waals surface area contributed by atoms with Gasteiger partial charge in [0.1, 0.15) is 5.75 Å². The predicted octanol–water partition coefficient (Wildman–Crippen LogP) is 4.24. The van der Waals surface area contributed by atoms with Crippen molar-refractivity contribution in [3.63, 3.8) is 0 Å². The maximum atomic E-state index is 12.4. The molecule has 3 atom stereocenters. The second-order valence-corrected chi connectivity index (χ2v) is 7.45. The molecule has 4 nitrogen and oxygen atoms in total. The van der Waals surface area contributed by atoms with Crippen LogP contribution in [0.25, 0.3) is 0 Å². The van der Waals surface area contributed by atoms with Gasteiger partial charge in [-0.3, -0.25) is 9.59 Å². The third-order valence-corrected chi connectivity index (χ3v) is 5.58. The summed E-state index contributed by atoms with van der Waals surface area (Å²) in [6, 6.07) is 16.3. The second kappa shape index (κ2) is 8.85. The van der Waals surface area contributed by atoms with E-state index in [1.54, 1.807) is 36.4 Å². The highest BCUT2D eigenvalue weighted by Crippen LogP contribution is 2.29. The minimum Gasteiger partial charge on any atom is -0.484 e. The Labute approximate surface area is 160 Å². The summed E-state index contributed by atoms with van der Waals surface area (Å²) in [5.41, 5.74) is 1.25. The average Bonchev–Trinajstić information content (AvgIpc) is 2.70. The van der Waals surface area contributed by atoms with Crippen molar-refractivity contribution < 1.29 is 14.3 Å². The molecule has 2 aromatic rings. The van der Waals surface area contributed by atoms with Crippen molar-refractivity contribution in [2.45, 2.75) is 39.2 Å². The first-order valence-corrected chi connectivity index (χ1v) is 9.66. The molecule has 0 saturated heterocycles. The molecule has 1 amide bonds. The molecule has 0 aliphatic heterocycles. The SMILES string of the molecule is C[C@@H]1[C@@H](C)CCC[C@H]1NC(=O)COc1ccc(C(=O)c2ccccc2)cc1. The molecular formula is C23H27NO3. The quantitative estimate of drug-likeness (QED) is 0.779. The van der Waals surface area contributed by atoms with Gasteiger partial charge in [0.2, 0.25) is 0 Å². The molecule has 27 heavy (non-hydrogen) atoms. The predicted molar refractivity (Wildman–Crippen MR) is 106 cm³/mol. The Morgan fingerprint density at radius 1 is 0.963 bits per heavy atom. The summed E-state index contributed by atoms with van der Waals surface area (Å²) < 4.78 is 5.59. The molecule has 0 unspecified atom stereocenters. The van der Waals surface area contributed by atoms with Gasteiger partial charge >= 0.3 is 0 Å². The fraction of sp³-hybridized carbons (Fsp3) is 0.391. The highest BCUT2D eigenvalue weighted by atomic mass is 16.5. The Hall–Kier alpha value is -2.62. The van der Waals surface area contributed by atoms with E-state index >= 15 is 0 Å². The molecule has 0 aromatic heterocycles. The highest BCUT2D eigenvalue weighted by molar-refractivity contribution is 6.08. The summed E-state index contributed by atoms with van der Waals surface area (Å²) in [5, 5.41) is 3.10. The van der Waals surface area contributed by atoms with Gasteiger partial charge in [-0.15, -0.1) is 0 Å². The number of ketones is 1. The lowest BCUT2D eigenvalue weighted by Crippen LogP contribution is -2.45. The van der Waals surface area contributed by atoms with Crippen LogP contribution in [0.5, 0.6) is 5.75 Å². The van der Waals surface area contributed by atoms with Crippen molar-refractivity contribution in [1.29, 1.82) is 0 Å². The largest absolute Gasteiger partial charge is 0.484 e. The second-order valence-electron chi connectivity index (χ2n) is 7.45. The molecule has 1 aliphatic rings. The van der Waals surface area contributed by atoms with Crippen LogP contribution in [-0.2, 0) is 4.79 Å².